The Morgan fingerprint density at radius 3 is 2.65 bits per heavy atom. The van der Waals surface area contributed by atoms with Crippen molar-refractivity contribution in [2.75, 3.05) is 70.5 Å². The second-order valence-electron chi connectivity index (χ2n) is 8.83. The number of piperazine rings is 1. The summed E-state index contributed by atoms with van der Waals surface area (Å²) >= 11 is 0. The van der Waals surface area contributed by atoms with Crippen molar-refractivity contribution in [1.82, 2.24) is 14.8 Å². The standard InChI is InChI=1S/C26H35N5O3/c1-21-4-3-5-23(16-21)19-27-20-24-17-25(31-11-13-33-14-12-31)18-26(28-24)34-15-10-29-6-8-30(9-7-29)22(2)32/h3-5,16-19H,6-15,20H2,1-2H3. The molecule has 0 atom stereocenters. The molecule has 34 heavy (non-hydrogen) atoms. The number of pyridine rings is 1. The number of aliphatic imine (C=N–C) groups is 1. The number of carbonyl (C=O) groups is 1. The molecule has 0 unspecified atom stereocenters. The highest BCUT2D eigenvalue weighted by molar-refractivity contribution is 5.79. The van der Waals surface area contributed by atoms with Gasteiger partial charge in [0.2, 0.25) is 11.8 Å². The van der Waals surface area contributed by atoms with E-state index < -0.39 is 0 Å². The summed E-state index contributed by atoms with van der Waals surface area (Å²) in [6, 6.07) is 12.4. The molecule has 1 amide bonds. The number of hydrogen-bond donors (Lipinski definition) is 0. The van der Waals surface area contributed by atoms with Crippen molar-refractivity contribution < 1.29 is 14.3 Å². The minimum absolute atomic E-state index is 0.151. The fourth-order valence-corrected chi connectivity index (χ4v) is 4.26. The van der Waals surface area contributed by atoms with E-state index in [1.807, 2.05) is 23.2 Å². The summed E-state index contributed by atoms with van der Waals surface area (Å²) in [5.41, 5.74) is 4.29. The van der Waals surface area contributed by atoms with Gasteiger partial charge in [0.1, 0.15) is 6.61 Å². The Morgan fingerprint density at radius 2 is 1.91 bits per heavy atom. The smallest absolute Gasteiger partial charge is 0.219 e. The van der Waals surface area contributed by atoms with Crippen LogP contribution in [0.25, 0.3) is 0 Å². The number of amides is 1. The number of ether oxygens (including phenoxy) is 2. The van der Waals surface area contributed by atoms with Crippen LogP contribution in [0.1, 0.15) is 23.7 Å². The number of rotatable bonds is 8. The van der Waals surface area contributed by atoms with Crippen LogP contribution in [0.15, 0.2) is 41.4 Å². The number of carbonyl (C=O) groups excluding carboxylic acids is 1. The maximum atomic E-state index is 11.5. The minimum atomic E-state index is 0.151. The second kappa shape index (κ2) is 11.9. The van der Waals surface area contributed by atoms with Crippen LogP contribution in [0, 0.1) is 6.92 Å². The molecule has 0 spiro atoms. The quantitative estimate of drug-likeness (QED) is 0.558. The zero-order chi connectivity index (χ0) is 23.8. The van der Waals surface area contributed by atoms with Crippen LogP contribution in [0.5, 0.6) is 5.88 Å². The van der Waals surface area contributed by atoms with Crippen molar-refractivity contribution >= 4 is 17.8 Å². The molecule has 2 aromatic rings. The van der Waals surface area contributed by atoms with E-state index in [-0.39, 0.29) is 5.91 Å². The van der Waals surface area contributed by atoms with Gasteiger partial charge in [-0.3, -0.25) is 14.7 Å². The highest BCUT2D eigenvalue weighted by Gasteiger charge is 2.19. The Labute approximate surface area is 202 Å². The zero-order valence-corrected chi connectivity index (χ0v) is 20.3. The van der Waals surface area contributed by atoms with Crippen LogP contribution in [-0.4, -0.2) is 92.5 Å². The van der Waals surface area contributed by atoms with Gasteiger partial charge in [0.15, 0.2) is 0 Å². The number of benzene rings is 1. The topological polar surface area (TPSA) is 70.5 Å². The largest absolute Gasteiger partial charge is 0.476 e. The maximum absolute atomic E-state index is 11.5. The molecular weight excluding hydrogens is 430 g/mol. The Morgan fingerprint density at radius 1 is 1.12 bits per heavy atom. The molecule has 4 rings (SSSR count). The van der Waals surface area contributed by atoms with Gasteiger partial charge in [0, 0.05) is 70.7 Å². The van der Waals surface area contributed by atoms with Crippen molar-refractivity contribution in [3.05, 3.63) is 53.2 Å². The molecule has 3 heterocycles. The second-order valence-corrected chi connectivity index (χ2v) is 8.83. The fourth-order valence-electron chi connectivity index (χ4n) is 4.26. The molecule has 0 bridgehead atoms. The average Bonchev–Trinajstić information content (AvgIpc) is 2.85. The first-order chi connectivity index (χ1) is 16.6. The summed E-state index contributed by atoms with van der Waals surface area (Å²) in [5.74, 6) is 0.782. The van der Waals surface area contributed by atoms with Crippen LogP contribution in [0.2, 0.25) is 0 Å². The highest BCUT2D eigenvalue weighted by atomic mass is 16.5. The lowest BCUT2D eigenvalue weighted by molar-refractivity contribution is -0.130. The number of anilines is 1. The van der Waals surface area contributed by atoms with E-state index in [2.05, 4.69) is 46.0 Å². The van der Waals surface area contributed by atoms with E-state index in [1.54, 1.807) is 6.92 Å². The van der Waals surface area contributed by atoms with Gasteiger partial charge in [0.25, 0.3) is 0 Å². The number of aromatic nitrogens is 1. The molecule has 8 heteroatoms. The van der Waals surface area contributed by atoms with Gasteiger partial charge in [-0.1, -0.05) is 29.8 Å². The first-order valence-corrected chi connectivity index (χ1v) is 12.1. The van der Waals surface area contributed by atoms with Gasteiger partial charge < -0.3 is 19.3 Å². The summed E-state index contributed by atoms with van der Waals surface area (Å²) in [6.07, 6.45) is 1.90. The van der Waals surface area contributed by atoms with Crippen LogP contribution in [-0.2, 0) is 16.1 Å². The summed E-state index contributed by atoms with van der Waals surface area (Å²) in [6.45, 7) is 12.1. The molecule has 2 saturated heterocycles. The van der Waals surface area contributed by atoms with Gasteiger partial charge in [-0.2, -0.15) is 0 Å². The van der Waals surface area contributed by atoms with Gasteiger partial charge >= 0.3 is 0 Å². The Hall–Kier alpha value is -2.97. The van der Waals surface area contributed by atoms with Gasteiger partial charge in [0.05, 0.1) is 25.5 Å². The zero-order valence-electron chi connectivity index (χ0n) is 20.3. The molecule has 8 nitrogen and oxygen atoms in total. The van der Waals surface area contributed by atoms with E-state index in [1.165, 1.54) is 5.56 Å². The summed E-state index contributed by atoms with van der Waals surface area (Å²) in [5, 5.41) is 0. The molecule has 0 saturated carbocycles. The predicted octanol–water partition coefficient (Wildman–Crippen LogP) is 2.39. The maximum Gasteiger partial charge on any atom is 0.219 e. The molecule has 1 aromatic heterocycles. The monoisotopic (exact) mass is 465 g/mol. The molecule has 2 aliphatic rings. The molecule has 182 valence electrons. The third-order valence-electron chi connectivity index (χ3n) is 6.23. The molecule has 0 N–H and O–H groups in total. The van der Waals surface area contributed by atoms with Gasteiger partial charge in [-0.15, -0.1) is 0 Å². The number of hydrogen-bond acceptors (Lipinski definition) is 7. The first-order valence-electron chi connectivity index (χ1n) is 12.1. The van der Waals surface area contributed by atoms with E-state index in [0.717, 1.165) is 76.0 Å². The minimum Gasteiger partial charge on any atom is -0.476 e. The molecule has 0 aliphatic carbocycles. The molecule has 1 aromatic carbocycles. The normalized spacial score (nSPS) is 17.4. The average molecular weight is 466 g/mol. The van der Waals surface area contributed by atoms with Crippen molar-refractivity contribution in [3.63, 3.8) is 0 Å². The van der Waals surface area contributed by atoms with E-state index in [0.29, 0.717) is 19.0 Å². The Kier molecular flexibility index (Phi) is 8.49. The van der Waals surface area contributed by atoms with E-state index in [9.17, 15) is 4.79 Å². The molecule has 2 aliphatic heterocycles. The predicted molar refractivity (Wildman–Crippen MR) is 134 cm³/mol. The lowest BCUT2D eigenvalue weighted by atomic mass is 10.1. The lowest BCUT2D eigenvalue weighted by Gasteiger charge is -2.34. The SMILES string of the molecule is CC(=O)N1CCN(CCOc2cc(N3CCOCC3)cc(CN=Cc3cccc(C)c3)n2)CC1. The van der Waals surface area contributed by atoms with Gasteiger partial charge in [-0.25, -0.2) is 4.98 Å². The van der Waals surface area contributed by atoms with Crippen LogP contribution in [0.3, 0.4) is 0 Å². The van der Waals surface area contributed by atoms with E-state index >= 15 is 0 Å². The van der Waals surface area contributed by atoms with Crippen LogP contribution < -0.4 is 9.64 Å². The van der Waals surface area contributed by atoms with E-state index in [4.69, 9.17) is 14.5 Å². The Bertz CT molecular complexity index is 982. The first kappa shape index (κ1) is 24.2. The molecule has 0 radical (unpaired) electrons. The third-order valence-corrected chi connectivity index (χ3v) is 6.23. The number of nitrogens with zero attached hydrogens (tertiary/aromatic N) is 5. The molecule has 2 fully saturated rings. The number of aryl methyl sites for hydroxylation is 1. The fraction of sp³-hybridized carbons (Fsp3) is 0.500. The van der Waals surface area contributed by atoms with Gasteiger partial charge in [-0.05, 0) is 18.6 Å². The Balaban J connectivity index is 1.38. The number of morpholine rings is 1. The highest BCUT2D eigenvalue weighted by Crippen LogP contribution is 2.23. The van der Waals surface area contributed by atoms with Crippen LogP contribution in [0.4, 0.5) is 5.69 Å². The van der Waals surface area contributed by atoms with Crippen molar-refractivity contribution in [2.45, 2.75) is 20.4 Å². The summed E-state index contributed by atoms with van der Waals surface area (Å²) in [7, 11) is 0. The third kappa shape index (κ3) is 7.01. The summed E-state index contributed by atoms with van der Waals surface area (Å²) in [4.78, 5) is 27.4. The van der Waals surface area contributed by atoms with Crippen molar-refractivity contribution in [1.29, 1.82) is 0 Å². The summed E-state index contributed by atoms with van der Waals surface area (Å²) < 4.78 is 11.6. The molecular formula is C26H35N5O3. The van der Waals surface area contributed by atoms with Crippen LogP contribution >= 0.6 is 0 Å². The van der Waals surface area contributed by atoms with Crippen molar-refractivity contribution in [3.8, 4) is 5.88 Å². The van der Waals surface area contributed by atoms with Crippen molar-refractivity contribution in [2.24, 2.45) is 4.99 Å². The lowest BCUT2D eigenvalue weighted by Crippen LogP contribution is -2.48.